The first kappa shape index (κ1) is 26.3. The highest BCUT2D eigenvalue weighted by Gasteiger charge is 2.28. The van der Waals surface area contributed by atoms with E-state index in [-0.39, 0.29) is 23.8 Å². The molecule has 2 aliphatic heterocycles. The van der Waals surface area contributed by atoms with Crippen molar-refractivity contribution in [2.45, 2.75) is 46.6 Å². The van der Waals surface area contributed by atoms with Crippen molar-refractivity contribution in [1.29, 1.82) is 0 Å². The second-order valence-corrected chi connectivity index (χ2v) is 10.1. The molecule has 8 nitrogen and oxygen atoms in total. The molecule has 39 heavy (non-hydrogen) atoms. The van der Waals surface area contributed by atoms with Crippen molar-refractivity contribution in [3.8, 4) is 5.75 Å². The van der Waals surface area contributed by atoms with E-state index >= 15 is 0 Å². The Hall–Kier alpha value is -4.33. The van der Waals surface area contributed by atoms with Gasteiger partial charge in [0, 0.05) is 41.3 Å². The standard InChI is InChI=1S/C31H34N4O4/c1-5-39-23-11-8-21(9-12-23)19(3)33-29(36)22-10-13-26-24(16-22)25(30(37)34-26)17-27-18(2)28(20(4)32-27)31(38)35-14-6-7-15-35/h8-13,16-17,19,32H,5-7,14-15H2,1-4H3,(H,33,36)(H,34,37). The van der Waals surface area contributed by atoms with Crippen LogP contribution in [0.15, 0.2) is 42.5 Å². The molecule has 1 saturated heterocycles. The first-order valence-corrected chi connectivity index (χ1v) is 13.5. The van der Waals surface area contributed by atoms with Crippen LogP contribution >= 0.6 is 0 Å². The third-order valence-corrected chi connectivity index (χ3v) is 7.48. The zero-order valence-electron chi connectivity index (χ0n) is 22.8. The molecule has 1 atom stereocenters. The summed E-state index contributed by atoms with van der Waals surface area (Å²) in [6.45, 7) is 9.79. The van der Waals surface area contributed by atoms with Crippen LogP contribution in [0.3, 0.4) is 0 Å². The lowest BCUT2D eigenvalue weighted by atomic mass is 10.0. The van der Waals surface area contributed by atoms with Crippen molar-refractivity contribution < 1.29 is 19.1 Å². The number of nitrogens with one attached hydrogen (secondary N) is 3. The number of likely N-dealkylation sites (tertiary alicyclic amines) is 1. The second kappa shape index (κ2) is 10.8. The lowest BCUT2D eigenvalue weighted by Crippen LogP contribution is -2.28. The minimum Gasteiger partial charge on any atom is -0.494 e. The average molecular weight is 527 g/mol. The largest absolute Gasteiger partial charge is 0.494 e. The van der Waals surface area contributed by atoms with E-state index in [1.807, 2.05) is 56.9 Å². The van der Waals surface area contributed by atoms with Gasteiger partial charge in [-0.25, -0.2) is 0 Å². The molecule has 1 fully saturated rings. The summed E-state index contributed by atoms with van der Waals surface area (Å²) in [7, 11) is 0. The van der Waals surface area contributed by atoms with Crippen LogP contribution in [0.1, 0.15) is 81.5 Å². The van der Waals surface area contributed by atoms with E-state index in [1.165, 1.54) is 0 Å². The molecule has 0 radical (unpaired) electrons. The number of aryl methyl sites for hydroxylation is 1. The Balaban J connectivity index is 1.38. The van der Waals surface area contributed by atoms with Crippen LogP contribution in [0.25, 0.3) is 11.6 Å². The smallest absolute Gasteiger partial charge is 0.256 e. The first-order chi connectivity index (χ1) is 18.8. The Kier molecular flexibility index (Phi) is 7.28. The Labute approximate surface area is 228 Å². The molecule has 2 aromatic carbocycles. The third kappa shape index (κ3) is 5.19. The fraction of sp³-hybridized carbons (Fsp3) is 0.323. The van der Waals surface area contributed by atoms with Crippen molar-refractivity contribution in [2.24, 2.45) is 0 Å². The van der Waals surface area contributed by atoms with E-state index < -0.39 is 0 Å². The molecule has 0 saturated carbocycles. The van der Waals surface area contributed by atoms with Gasteiger partial charge in [-0.1, -0.05) is 12.1 Å². The van der Waals surface area contributed by atoms with Crippen LogP contribution in [0.4, 0.5) is 5.69 Å². The maximum absolute atomic E-state index is 13.1. The summed E-state index contributed by atoms with van der Waals surface area (Å²) in [5.74, 6) is 0.336. The molecule has 3 amide bonds. The molecular weight excluding hydrogens is 492 g/mol. The van der Waals surface area contributed by atoms with Crippen LogP contribution in [0, 0.1) is 13.8 Å². The molecule has 0 spiro atoms. The number of hydrogen-bond donors (Lipinski definition) is 3. The molecule has 5 rings (SSSR count). The number of rotatable bonds is 7. The summed E-state index contributed by atoms with van der Waals surface area (Å²) in [6, 6.07) is 12.6. The monoisotopic (exact) mass is 526 g/mol. The highest BCUT2D eigenvalue weighted by Crippen LogP contribution is 2.35. The van der Waals surface area contributed by atoms with Crippen LogP contribution in [-0.2, 0) is 4.79 Å². The maximum atomic E-state index is 13.1. The van der Waals surface area contributed by atoms with Gasteiger partial charge in [0.15, 0.2) is 0 Å². The van der Waals surface area contributed by atoms with Gasteiger partial charge < -0.3 is 25.3 Å². The summed E-state index contributed by atoms with van der Waals surface area (Å²) in [6.07, 6.45) is 3.82. The molecular formula is C31H34N4O4. The van der Waals surface area contributed by atoms with E-state index in [1.54, 1.807) is 24.3 Å². The lowest BCUT2D eigenvalue weighted by molar-refractivity contribution is -0.110. The number of aromatic amines is 1. The normalized spacial score (nSPS) is 16.3. The lowest BCUT2D eigenvalue weighted by Gasteiger charge is -2.15. The molecule has 1 aromatic heterocycles. The van der Waals surface area contributed by atoms with Gasteiger partial charge in [0.05, 0.1) is 23.8 Å². The summed E-state index contributed by atoms with van der Waals surface area (Å²) in [5.41, 5.74) is 6.15. The van der Waals surface area contributed by atoms with Gasteiger partial charge in [-0.15, -0.1) is 0 Å². The summed E-state index contributed by atoms with van der Waals surface area (Å²) in [4.78, 5) is 44.4. The van der Waals surface area contributed by atoms with Crippen molar-refractivity contribution in [1.82, 2.24) is 15.2 Å². The molecule has 8 heteroatoms. The number of anilines is 1. The number of fused-ring (bicyclic) bond motifs is 1. The second-order valence-electron chi connectivity index (χ2n) is 10.1. The van der Waals surface area contributed by atoms with Crippen LogP contribution in [-0.4, -0.2) is 47.3 Å². The number of hydrogen-bond acceptors (Lipinski definition) is 4. The molecule has 3 N–H and O–H groups in total. The number of amides is 3. The minimum atomic E-state index is -0.246. The minimum absolute atomic E-state index is 0.0280. The van der Waals surface area contributed by atoms with Gasteiger partial charge >= 0.3 is 0 Å². The van der Waals surface area contributed by atoms with Gasteiger partial charge in [-0.3, -0.25) is 14.4 Å². The predicted octanol–water partition coefficient (Wildman–Crippen LogP) is 5.25. The van der Waals surface area contributed by atoms with Gasteiger partial charge in [-0.05, 0) is 88.1 Å². The molecule has 1 unspecified atom stereocenters. The van der Waals surface area contributed by atoms with Gasteiger partial charge in [0.25, 0.3) is 17.7 Å². The highest BCUT2D eigenvalue weighted by molar-refractivity contribution is 6.35. The zero-order valence-corrected chi connectivity index (χ0v) is 22.8. The molecule has 2 aliphatic rings. The van der Waals surface area contributed by atoms with E-state index in [9.17, 15) is 14.4 Å². The quantitative estimate of drug-likeness (QED) is 0.366. The molecule has 0 aliphatic carbocycles. The number of carbonyl (C=O) groups excluding carboxylic acids is 3. The predicted molar refractivity (Wildman–Crippen MR) is 152 cm³/mol. The van der Waals surface area contributed by atoms with E-state index in [2.05, 4.69) is 15.6 Å². The highest BCUT2D eigenvalue weighted by atomic mass is 16.5. The zero-order chi connectivity index (χ0) is 27.7. The molecule has 3 aromatic rings. The maximum Gasteiger partial charge on any atom is 0.256 e. The number of benzene rings is 2. The first-order valence-electron chi connectivity index (χ1n) is 13.5. The van der Waals surface area contributed by atoms with E-state index in [0.717, 1.165) is 48.5 Å². The van der Waals surface area contributed by atoms with Crippen LogP contribution < -0.4 is 15.4 Å². The van der Waals surface area contributed by atoms with Gasteiger partial charge in [-0.2, -0.15) is 0 Å². The van der Waals surface area contributed by atoms with Crippen molar-refractivity contribution in [2.75, 3.05) is 25.0 Å². The van der Waals surface area contributed by atoms with Crippen LogP contribution in [0.2, 0.25) is 0 Å². The Morgan fingerprint density at radius 1 is 1.10 bits per heavy atom. The molecule has 0 bridgehead atoms. The third-order valence-electron chi connectivity index (χ3n) is 7.48. The Morgan fingerprint density at radius 2 is 1.82 bits per heavy atom. The number of H-pyrrole nitrogens is 1. The Morgan fingerprint density at radius 3 is 2.51 bits per heavy atom. The summed E-state index contributed by atoms with van der Waals surface area (Å²) < 4.78 is 5.50. The van der Waals surface area contributed by atoms with Crippen molar-refractivity contribution >= 4 is 35.1 Å². The van der Waals surface area contributed by atoms with Crippen molar-refractivity contribution in [3.05, 3.63) is 81.7 Å². The van der Waals surface area contributed by atoms with Gasteiger partial charge in [0.1, 0.15) is 5.75 Å². The van der Waals surface area contributed by atoms with E-state index in [0.29, 0.717) is 40.3 Å². The summed E-state index contributed by atoms with van der Waals surface area (Å²) in [5, 5.41) is 5.92. The number of nitrogens with zero attached hydrogens (tertiary/aromatic N) is 1. The van der Waals surface area contributed by atoms with E-state index in [4.69, 9.17) is 4.74 Å². The van der Waals surface area contributed by atoms with Crippen molar-refractivity contribution in [3.63, 3.8) is 0 Å². The summed E-state index contributed by atoms with van der Waals surface area (Å²) >= 11 is 0. The average Bonchev–Trinajstić information content (AvgIpc) is 3.63. The Bertz CT molecular complexity index is 1460. The SMILES string of the molecule is CCOc1ccc(C(C)NC(=O)c2ccc3c(c2)C(=Cc2[nH]c(C)c(C(=O)N4CCCC4)c2C)C(=O)N3)cc1. The number of aromatic nitrogens is 1. The molecule has 3 heterocycles. The number of carbonyl (C=O) groups is 3. The fourth-order valence-corrected chi connectivity index (χ4v) is 5.32. The fourth-order valence-electron chi connectivity index (χ4n) is 5.32. The van der Waals surface area contributed by atoms with Crippen LogP contribution in [0.5, 0.6) is 5.75 Å². The number of ether oxygens (including phenoxy) is 1. The molecule has 202 valence electrons. The van der Waals surface area contributed by atoms with Gasteiger partial charge in [0.2, 0.25) is 0 Å². The topological polar surface area (TPSA) is 104 Å².